The summed E-state index contributed by atoms with van der Waals surface area (Å²) in [4.78, 5) is 15.7. The van der Waals surface area contributed by atoms with E-state index in [9.17, 15) is 4.79 Å². The van der Waals surface area contributed by atoms with Gasteiger partial charge in [-0.1, -0.05) is 19.9 Å². The van der Waals surface area contributed by atoms with Crippen LogP contribution in [0.5, 0.6) is 0 Å². The monoisotopic (exact) mass is 383 g/mol. The first-order valence-corrected chi connectivity index (χ1v) is 8.36. The fourth-order valence-corrected chi connectivity index (χ4v) is 3.26. The van der Waals surface area contributed by atoms with E-state index in [2.05, 4.69) is 27.7 Å². The largest absolute Gasteiger partial charge is 0.379 e. The summed E-state index contributed by atoms with van der Waals surface area (Å²) in [6.45, 7) is 7.82. The van der Waals surface area contributed by atoms with Gasteiger partial charge in [0.2, 0.25) is 5.91 Å². The van der Waals surface area contributed by atoms with Crippen LogP contribution in [0, 0.1) is 5.92 Å². The molecule has 0 aliphatic carbocycles. The van der Waals surface area contributed by atoms with E-state index in [-0.39, 0.29) is 42.7 Å². The first-order valence-electron chi connectivity index (χ1n) is 7.48. The fraction of sp³-hybridized carbons (Fsp3) is 0.667. The number of morpholine rings is 1. The highest BCUT2D eigenvalue weighted by atomic mass is 35.5. The minimum absolute atomic E-state index is 0. The molecule has 8 heteroatoms. The van der Waals surface area contributed by atoms with Crippen molar-refractivity contribution in [3.05, 3.63) is 22.4 Å². The number of nitrogens with one attached hydrogen (secondary N) is 1. The Kier molecular flexibility index (Phi) is 11.1. The van der Waals surface area contributed by atoms with Crippen molar-refractivity contribution < 1.29 is 9.53 Å². The van der Waals surface area contributed by atoms with Gasteiger partial charge in [0.05, 0.1) is 25.3 Å². The SMILES string of the molecule is CC(C)[C@@H](N)C(=O)NCC(c1cccs1)N1CCOCC1.Cl.Cl. The van der Waals surface area contributed by atoms with Crippen LogP contribution in [0.3, 0.4) is 0 Å². The molecule has 1 aromatic heterocycles. The number of nitrogens with zero attached hydrogens (tertiary/aromatic N) is 1. The quantitative estimate of drug-likeness (QED) is 0.788. The summed E-state index contributed by atoms with van der Waals surface area (Å²) in [7, 11) is 0. The highest BCUT2D eigenvalue weighted by Crippen LogP contribution is 2.25. The minimum Gasteiger partial charge on any atom is -0.379 e. The lowest BCUT2D eigenvalue weighted by molar-refractivity contribution is -0.123. The van der Waals surface area contributed by atoms with Crippen LogP contribution in [-0.4, -0.2) is 49.7 Å². The molecule has 1 aromatic rings. The molecule has 0 bridgehead atoms. The fourth-order valence-electron chi connectivity index (χ4n) is 2.40. The molecule has 3 N–H and O–H groups in total. The van der Waals surface area contributed by atoms with Gasteiger partial charge in [-0.15, -0.1) is 36.2 Å². The van der Waals surface area contributed by atoms with Crippen molar-refractivity contribution in [3.63, 3.8) is 0 Å². The van der Waals surface area contributed by atoms with E-state index in [1.807, 2.05) is 13.8 Å². The Morgan fingerprint density at radius 1 is 1.39 bits per heavy atom. The number of halogens is 2. The number of hydrogen-bond donors (Lipinski definition) is 2. The summed E-state index contributed by atoms with van der Waals surface area (Å²) in [6.07, 6.45) is 0. The third kappa shape index (κ3) is 6.57. The zero-order chi connectivity index (χ0) is 15.2. The van der Waals surface area contributed by atoms with Crippen molar-refractivity contribution in [2.24, 2.45) is 11.7 Å². The maximum atomic E-state index is 12.1. The molecule has 1 aliphatic rings. The second-order valence-electron chi connectivity index (χ2n) is 5.69. The summed E-state index contributed by atoms with van der Waals surface area (Å²) in [6, 6.07) is 3.94. The van der Waals surface area contributed by atoms with Crippen LogP contribution >= 0.6 is 36.2 Å². The van der Waals surface area contributed by atoms with E-state index in [4.69, 9.17) is 10.5 Å². The van der Waals surface area contributed by atoms with Crippen LogP contribution in [0.4, 0.5) is 0 Å². The first kappa shape index (κ1) is 22.6. The number of carbonyl (C=O) groups is 1. The second kappa shape index (κ2) is 11.2. The van der Waals surface area contributed by atoms with Crippen molar-refractivity contribution in [3.8, 4) is 0 Å². The van der Waals surface area contributed by atoms with E-state index in [1.165, 1.54) is 4.88 Å². The van der Waals surface area contributed by atoms with Gasteiger partial charge in [0.25, 0.3) is 0 Å². The molecule has 0 spiro atoms. The van der Waals surface area contributed by atoms with Crippen molar-refractivity contribution in [1.29, 1.82) is 0 Å². The van der Waals surface area contributed by atoms with Gasteiger partial charge in [0, 0.05) is 24.5 Å². The van der Waals surface area contributed by atoms with Crippen molar-refractivity contribution in [2.75, 3.05) is 32.8 Å². The van der Waals surface area contributed by atoms with E-state index in [0.717, 1.165) is 26.3 Å². The Morgan fingerprint density at radius 2 is 2.04 bits per heavy atom. The number of thiophene rings is 1. The molecule has 2 heterocycles. The number of carbonyl (C=O) groups excluding carboxylic acids is 1. The maximum absolute atomic E-state index is 12.1. The summed E-state index contributed by atoms with van der Waals surface area (Å²) < 4.78 is 5.42. The summed E-state index contributed by atoms with van der Waals surface area (Å²) in [5.41, 5.74) is 5.90. The van der Waals surface area contributed by atoms with Gasteiger partial charge in [-0.3, -0.25) is 9.69 Å². The predicted molar refractivity (Wildman–Crippen MR) is 99.8 cm³/mol. The molecule has 1 unspecified atom stereocenters. The maximum Gasteiger partial charge on any atom is 0.237 e. The van der Waals surface area contributed by atoms with Crippen LogP contribution in [0.25, 0.3) is 0 Å². The van der Waals surface area contributed by atoms with E-state index < -0.39 is 6.04 Å². The predicted octanol–water partition coefficient (Wildman–Crippen LogP) is 2.06. The topological polar surface area (TPSA) is 67.6 Å². The third-order valence-electron chi connectivity index (χ3n) is 3.85. The third-order valence-corrected chi connectivity index (χ3v) is 4.82. The molecule has 1 amide bonds. The summed E-state index contributed by atoms with van der Waals surface area (Å²) >= 11 is 1.73. The van der Waals surface area contributed by atoms with E-state index in [1.54, 1.807) is 11.3 Å². The van der Waals surface area contributed by atoms with Gasteiger partial charge in [-0.2, -0.15) is 0 Å². The Labute approximate surface area is 154 Å². The molecule has 23 heavy (non-hydrogen) atoms. The van der Waals surface area contributed by atoms with Crippen LogP contribution in [0.15, 0.2) is 17.5 Å². The second-order valence-corrected chi connectivity index (χ2v) is 6.67. The molecule has 0 aromatic carbocycles. The average Bonchev–Trinajstić information content (AvgIpc) is 3.01. The van der Waals surface area contributed by atoms with Crippen LogP contribution in [-0.2, 0) is 9.53 Å². The molecule has 134 valence electrons. The van der Waals surface area contributed by atoms with Crippen molar-refractivity contribution in [2.45, 2.75) is 25.9 Å². The van der Waals surface area contributed by atoms with Gasteiger partial charge in [0.1, 0.15) is 0 Å². The number of hydrogen-bond acceptors (Lipinski definition) is 5. The Bertz CT molecular complexity index is 440. The molecule has 0 radical (unpaired) electrons. The van der Waals surface area contributed by atoms with Gasteiger partial charge >= 0.3 is 0 Å². The number of amides is 1. The number of nitrogens with two attached hydrogens (primary N) is 1. The molecule has 0 saturated carbocycles. The van der Waals surface area contributed by atoms with Gasteiger partial charge in [-0.05, 0) is 17.4 Å². The van der Waals surface area contributed by atoms with Crippen LogP contribution in [0.2, 0.25) is 0 Å². The minimum atomic E-state index is -0.446. The van der Waals surface area contributed by atoms with E-state index in [0.29, 0.717) is 6.54 Å². The molecule has 1 saturated heterocycles. The smallest absolute Gasteiger partial charge is 0.237 e. The lowest BCUT2D eigenvalue weighted by Crippen LogP contribution is -2.48. The summed E-state index contributed by atoms with van der Waals surface area (Å²) in [5, 5.41) is 5.08. The molecular weight excluding hydrogens is 357 g/mol. The highest BCUT2D eigenvalue weighted by Gasteiger charge is 2.25. The highest BCUT2D eigenvalue weighted by molar-refractivity contribution is 7.10. The zero-order valence-corrected chi connectivity index (χ0v) is 16.0. The average molecular weight is 384 g/mol. The standard InChI is InChI=1S/C15H25N3O2S.2ClH/c1-11(2)14(16)15(19)17-10-12(13-4-3-9-21-13)18-5-7-20-8-6-18;;/h3-4,9,11-12,14H,5-8,10,16H2,1-2H3,(H,17,19);2*1H/t12?,14-;;/m1../s1. The van der Waals surface area contributed by atoms with Gasteiger partial charge in [0.15, 0.2) is 0 Å². The number of rotatable bonds is 6. The van der Waals surface area contributed by atoms with Crippen molar-refractivity contribution in [1.82, 2.24) is 10.2 Å². The molecule has 1 aliphatic heterocycles. The first-order chi connectivity index (χ1) is 10.1. The normalized spacial score (nSPS) is 17.7. The molecule has 5 nitrogen and oxygen atoms in total. The van der Waals surface area contributed by atoms with Crippen molar-refractivity contribution >= 4 is 42.1 Å². The van der Waals surface area contributed by atoms with Gasteiger partial charge in [-0.25, -0.2) is 0 Å². The lowest BCUT2D eigenvalue weighted by Gasteiger charge is -2.34. The summed E-state index contributed by atoms with van der Waals surface area (Å²) in [5.74, 6) is 0.0772. The Balaban J connectivity index is 0.00000242. The molecule has 2 rings (SSSR count). The van der Waals surface area contributed by atoms with E-state index >= 15 is 0 Å². The molecule has 1 fully saturated rings. The van der Waals surface area contributed by atoms with Gasteiger partial charge < -0.3 is 15.8 Å². The Morgan fingerprint density at radius 3 is 2.57 bits per heavy atom. The molecule has 2 atom stereocenters. The zero-order valence-electron chi connectivity index (χ0n) is 13.6. The van der Waals surface area contributed by atoms with Crippen LogP contribution < -0.4 is 11.1 Å². The van der Waals surface area contributed by atoms with Crippen LogP contribution in [0.1, 0.15) is 24.8 Å². The number of ether oxygens (including phenoxy) is 1. The molecular formula is C15H27Cl2N3O2S. The lowest BCUT2D eigenvalue weighted by atomic mass is 10.0. The Hall–Kier alpha value is -0.370.